The van der Waals surface area contributed by atoms with E-state index in [4.69, 9.17) is 9.47 Å². The monoisotopic (exact) mass is 372 g/mol. The molecular formula is C17H28N2O5S. The average molecular weight is 372 g/mol. The summed E-state index contributed by atoms with van der Waals surface area (Å²) in [6.07, 6.45) is 0. The van der Waals surface area contributed by atoms with E-state index in [2.05, 4.69) is 0 Å². The van der Waals surface area contributed by atoms with Gasteiger partial charge in [0, 0.05) is 46.0 Å². The van der Waals surface area contributed by atoms with Crippen molar-refractivity contribution < 1.29 is 22.7 Å². The maximum Gasteiger partial charge on any atom is 0.254 e. The number of rotatable bonds is 10. The fourth-order valence-electron chi connectivity index (χ4n) is 2.13. The van der Waals surface area contributed by atoms with Crippen LogP contribution in [-0.4, -0.2) is 77.1 Å². The van der Waals surface area contributed by atoms with E-state index in [1.54, 1.807) is 45.1 Å². The van der Waals surface area contributed by atoms with Crippen LogP contribution in [0.3, 0.4) is 0 Å². The van der Waals surface area contributed by atoms with Crippen LogP contribution in [0.2, 0.25) is 0 Å². The highest BCUT2D eigenvalue weighted by molar-refractivity contribution is 7.89. The average Bonchev–Trinajstić information content (AvgIpc) is 2.60. The summed E-state index contributed by atoms with van der Waals surface area (Å²) in [7, 11) is 1.01. The molecule has 0 N–H and O–H groups in total. The Bertz CT molecular complexity index is 653. The molecule has 1 aromatic rings. The number of hydrogen-bond acceptors (Lipinski definition) is 5. The maximum absolute atomic E-state index is 12.7. The van der Waals surface area contributed by atoms with Crippen LogP contribution in [0, 0.1) is 0 Å². The van der Waals surface area contributed by atoms with Crippen molar-refractivity contribution in [2.24, 2.45) is 0 Å². The minimum atomic E-state index is -3.64. The summed E-state index contributed by atoms with van der Waals surface area (Å²) in [5.41, 5.74) is 0.324. The van der Waals surface area contributed by atoms with E-state index in [1.165, 1.54) is 23.5 Å². The molecule has 0 spiro atoms. The summed E-state index contributed by atoms with van der Waals surface area (Å²) in [6, 6.07) is 5.94. The first-order chi connectivity index (χ1) is 11.8. The molecule has 0 aliphatic carbocycles. The van der Waals surface area contributed by atoms with Crippen LogP contribution in [0.4, 0.5) is 0 Å². The van der Waals surface area contributed by atoms with Crippen molar-refractivity contribution >= 4 is 15.9 Å². The van der Waals surface area contributed by atoms with Crippen molar-refractivity contribution in [3.63, 3.8) is 0 Å². The lowest BCUT2D eigenvalue weighted by Gasteiger charge is -2.23. The predicted molar refractivity (Wildman–Crippen MR) is 96.2 cm³/mol. The molecule has 0 heterocycles. The molecule has 0 aliphatic heterocycles. The highest BCUT2D eigenvalue weighted by atomic mass is 32.2. The quantitative estimate of drug-likeness (QED) is 0.621. The van der Waals surface area contributed by atoms with E-state index >= 15 is 0 Å². The molecule has 0 fully saturated rings. The lowest BCUT2D eigenvalue weighted by molar-refractivity contribution is 0.0627. The normalized spacial score (nSPS) is 12.0. The molecule has 0 aromatic heterocycles. The molecule has 25 heavy (non-hydrogen) atoms. The topological polar surface area (TPSA) is 76.1 Å². The SMILES string of the molecule is COCCN(CCOC)C(=O)c1cccc(S(=O)(=O)N(C)C(C)C)c1. The van der Waals surface area contributed by atoms with Crippen LogP contribution in [-0.2, 0) is 19.5 Å². The number of benzene rings is 1. The standard InChI is InChI=1S/C17H28N2O5S/c1-14(2)18(3)25(21,22)16-8-6-7-15(13-16)17(20)19(9-11-23-4)10-12-24-5/h6-8,13-14H,9-12H2,1-5H3. The number of ether oxygens (including phenoxy) is 2. The molecule has 0 bridgehead atoms. The number of methoxy groups -OCH3 is 2. The number of hydrogen-bond donors (Lipinski definition) is 0. The first-order valence-electron chi connectivity index (χ1n) is 8.11. The van der Waals surface area contributed by atoms with Crippen molar-refractivity contribution in [2.45, 2.75) is 24.8 Å². The zero-order valence-electron chi connectivity index (χ0n) is 15.6. The molecule has 8 heteroatoms. The van der Waals surface area contributed by atoms with Crippen molar-refractivity contribution in [1.82, 2.24) is 9.21 Å². The Kier molecular flexibility index (Phi) is 8.51. The molecule has 1 amide bonds. The number of nitrogens with zero attached hydrogens (tertiary/aromatic N) is 2. The molecule has 1 rings (SSSR count). The summed E-state index contributed by atoms with van der Waals surface area (Å²) in [5.74, 6) is -0.252. The van der Waals surface area contributed by atoms with E-state index in [1.807, 2.05) is 0 Å². The lowest BCUT2D eigenvalue weighted by Crippen LogP contribution is -2.37. The van der Waals surface area contributed by atoms with Crippen molar-refractivity contribution in [1.29, 1.82) is 0 Å². The fourth-order valence-corrected chi connectivity index (χ4v) is 3.55. The predicted octanol–water partition coefficient (Wildman–Crippen LogP) is 1.45. The van der Waals surface area contributed by atoms with Crippen LogP contribution in [0.15, 0.2) is 29.2 Å². The van der Waals surface area contributed by atoms with Gasteiger partial charge in [-0.15, -0.1) is 0 Å². The second kappa shape index (κ2) is 9.86. The van der Waals surface area contributed by atoms with E-state index < -0.39 is 10.0 Å². The lowest BCUT2D eigenvalue weighted by atomic mass is 10.2. The van der Waals surface area contributed by atoms with Gasteiger partial charge in [-0.05, 0) is 32.0 Å². The van der Waals surface area contributed by atoms with Crippen LogP contribution in [0.1, 0.15) is 24.2 Å². The Labute approximate surface area is 150 Å². The Morgan fingerprint density at radius 1 is 1.12 bits per heavy atom. The molecule has 1 aromatic carbocycles. The van der Waals surface area contributed by atoms with Crippen LogP contribution in [0.25, 0.3) is 0 Å². The maximum atomic E-state index is 12.7. The Balaban J connectivity index is 3.11. The highest BCUT2D eigenvalue weighted by Gasteiger charge is 2.24. The van der Waals surface area contributed by atoms with Gasteiger partial charge in [0.15, 0.2) is 0 Å². The van der Waals surface area contributed by atoms with Crippen LogP contribution >= 0.6 is 0 Å². The van der Waals surface area contributed by atoms with Gasteiger partial charge < -0.3 is 14.4 Å². The van der Waals surface area contributed by atoms with E-state index in [0.29, 0.717) is 31.9 Å². The van der Waals surface area contributed by atoms with Gasteiger partial charge in [0.05, 0.1) is 18.1 Å². The van der Waals surface area contributed by atoms with Crippen LogP contribution < -0.4 is 0 Å². The second-order valence-electron chi connectivity index (χ2n) is 5.92. The third-order valence-corrected chi connectivity index (χ3v) is 5.93. The summed E-state index contributed by atoms with van der Waals surface area (Å²) >= 11 is 0. The van der Waals surface area contributed by atoms with Gasteiger partial charge in [-0.25, -0.2) is 8.42 Å². The fraction of sp³-hybridized carbons (Fsp3) is 0.588. The second-order valence-corrected chi connectivity index (χ2v) is 7.92. The molecule has 0 aliphatic rings. The van der Waals surface area contributed by atoms with Gasteiger partial charge in [0.2, 0.25) is 10.0 Å². The molecular weight excluding hydrogens is 344 g/mol. The summed E-state index contributed by atoms with van der Waals surface area (Å²) < 4.78 is 36.6. The number of carbonyl (C=O) groups excluding carboxylic acids is 1. The van der Waals surface area contributed by atoms with Crippen molar-refractivity contribution in [3.05, 3.63) is 29.8 Å². The summed E-state index contributed by atoms with van der Waals surface area (Å²) in [6.45, 7) is 5.18. The Hall–Kier alpha value is -1.48. The molecule has 0 saturated heterocycles. The van der Waals surface area contributed by atoms with Gasteiger partial charge in [-0.3, -0.25) is 4.79 Å². The third kappa shape index (κ3) is 5.78. The number of amides is 1. The Morgan fingerprint density at radius 2 is 1.68 bits per heavy atom. The zero-order valence-corrected chi connectivity index (χ0v) is 16.4. The van der Waals surface area contributed by atoms with E-state index in [-0.39, 0.29) is 16.8 Å². The van der Waals surface area contributed by atoms with Crippen molar-refractivity contribution in [3.8, 4) is 0 Å². The number of sulfonamides is 1. The van der Waals surface area contributed by atoms with Gasteiger partial charge in [-0.2, -0.15) is 4.31 Å². The first kappa shape index (κ1) is 21.6. The molecule has 7 nitrogen and oxygen atoms in total. The highest BCUT2D eigenvalue weighted by Crippen LogP contribution is 2.18. The zero-order chi connectivity index (χ0) is 19.0. The van der Waals surface area contributed by atoms with Gasteiger partial charge in [-0.1, -0.05) is 6.07 Å². The number of carbonyl (C=O) groups is 1. The summed E-state index contributed by atoms with van der Waals surface area (Å²) in [5, 5.41) is 0. The minimum absolute atomic E-state index is 0.105. The van der Waals surface area contributed by atoms with E-state index in [9.17, 15) is 13.2 Å². The van der Waals surface area contributed by atoms with E-state index in [0.717, 1.165) is 0 Å². The molecule has 0 atom stereocenters. The third-order valence-electron chi connectivity index (χ3n) is 3.90. The van der Waals surface area contributed by atoms with Gasteiger partial charge in [0.1, 0.15) is 0 Å². The summed E-state index contributed by atoms with van der Waals surface area (Å²) in [4.78, 5) is 14.4. The van der Waals surface area contributed by atoms with Crippen molar-refractivity contribution in [2.75, 3.05) is 47.6 Å². The molecule has 0 saturated carbocycles. The molecule has 0 radical (unpaired) electrons. The Morgan fingerprint density at radius 3 is 2.16 bits per heavy atom. The van der Waals surface area contributed by atoms with Gasteiger partial charge in [0.25, 0.3) is 5.91 Å². The smallest absolute Gasteiger partial charge is 0.254 e. The molecule has 142 valence electrons. The van der Waals surface area contributed by atoms with Gasteiger partial charge >= 0.3 is 0 Å². The molecule has 0 unspecified atom stereocenters. The first-order valence-corrected chi connectivity index (χ1v) is 9.55. The minimum Gasteiger partial charge on any atom is -0.383 e. The largest absolute Gasteiger partial charge is 0.383 e. The van der Waals surface area contributed by atoms with Crippen LogP contribution in [0.5, 0.6) is 0 Å².